The zero-order valence-corrected chi connectivity index (χ0v) is 13.5. The smallest absolute Gasteiger partial charge is 0.279 e. The van der Waals surface area contributed by atoms with Gasteiger partial charge in [0.1, 0.15) is 18.1 Å². The molecule has 0 aliphatic carbocycles. The summed E-state index contributed by atoms with van der Waals surface area (Å²) in [6.07, 6.45) is 3.34. The molecule has 1 aromatic carbocycles. The number of carbonyl (C=O) groups excluding carboxylic acids is 1. The van der Waals surface area contributed by atoms with Crippen LogP contribution in [0.1, 0.15) is 16.1 Å². The highest BCUT2D eigenvalue weighted by Gasteiger charge is 2.27. The first-order chi connectivity index (χ1) is 12.1. The molecule has 0 bridgehead atoms. The number of benzene rings is 1. The summed E-state index contributed by atoms with van der Waals surface area (Å²) in [7, 11) is 0. The molecule has 0 fully saturated rings. The number of amides is 1. The van der Waals surface area contributed by atoms with Crippen molar-refractivity contribution in [2.75, 3.05) is 18.1 Å². The molecule has 7 heteroatoms. The van der Waals surface area contributed by atoms with E-state index in [2.05, 4.69) is 10.1 Å². The van der Waals surface area contributed by atoms with Gasteiger partial charge < -0.3 is 4.74 Å². The monoisotopic (exact) mass is 338 g/mol. The molecule has 1 aliphatic heterocycles. The first-order valence-electron chi connectivity index (χ1n) is 7.85. The third-order valence-electron chi connectivity index (χ3n) is 3.94. The van der Waals surface area contributed by atoms with Crippen LogP contribution >= 0.6 is 0 Å². The fourth-order valence-corrected chi connectivity index (χ4v) is 2.75. The van der Waals surface area contributed by atoms with Crippen LogP contribution in [0.5, 0.6) is 5.88 Å². The zero-order valence-electron chi connectivity index (χ0n) is 13.5. The van der Waals surface area contributed by atoms with Gasteiger partial charge in [-0.15, -0.1) is 0 Å². The minimum atomic E-state index is -0.357. The Morgan fingerprint density at radius 1 is 1.28 bits per heavy atom. The summed E-state index contributed by atoms with van der Waals surface area (Å²) in [5, 5.41) is 4.29. The van der Waals surface area contributed by atoms with Gasteiger partial charge in [0.05, 0.1) is 12.2 Å². The molecule has 2 aromatic heterocycles. The van der Waals surface area contributed by atoms with Crippen LogP contribution in [0.4, 0.5) is 10.1 Å². The van der Waals surface area contributed by atoms with Crippen molar-refractivity contribution >= 4 is 11.6 Å². The van der Waals surface area contributed by atoms with Crippen LogP contribution in [0.3, 0.4) is 0 Å². The highest BCUT2D eigenvalue weighted by Crippen LogP contribution is 2.30. The number of halogens is 1. The van der Waals surface area contributed by atoms with E-state index in [0.29, 0.717) is 30.4 Å². The third-order valence-corrected chi connectivity index (χ3v) is 3.94. The average Bonchev–Trinajstić information content (AvgIpc) is 3.11. The SMILES string of the molecule is Cc1cnc2c(c1)N(C(=O)c1ccn(-c3cccc(F)c3)n1)CCO2. The average molecular weight is 338 g/mol. The summed E-state index contributed by atoms with van der Waals surface area (Å²) in [5.41, 5.74) is 2.40. The molecule has 0 saturated heterocycles. The molecule has 0 unspecified atom stereocenters. The Labute approximate surface area is 143 Å². The molecular formula is C18H15FN4O2. The molecule has 0 saturated carbocycles. The number of fused-ring (bicyclic) bond motifs is 1. The Morgan fingerprint density at radius 3 is 3.00 bits per heavy atom. The van der Waals surface area contributed by atoms with Gasteiger partial charge in [0.25, 0.3) is 5.91 Å². The summed E-state index contributed by atoms with van der Waals surface area (Å²) in [6, 6.07) is 9.52. The molecule has 1 amide bonds. The van der Waals surface area contributed by atoms with E-state index in [-0.39, 0.29) is 17.4 Å². The van der Waals surface area contributed by atoms with E-state index in [9.17, 15) is 9.18 Å². The van der Waals surface area contributed by atoms with Crippen LogP contribution in [0.15, 0.2) is 48.8 Å². The van der Waals surface area contributed by atoms with Crippen molar-refractivity contribution in [3.8, 4) is 11.6 Å². The van der Waals surface area contributed by atoms with Crippen molar-refractivity contribution in [1.82, 2.24) is 14.8 Å². The largest absolute Gasteiger partial charge is 0.474 e. The standard InChI is InChI=1S/C18H15FN4O2/c1-12-9-16-17(20-11-12)25-8-7-22(16)18(24)15-5-6-23(21-15)14-4-2-3-13(19)10-14/h2-6,9-11H,7-8H2,1H3. The summed E-state index contributed by atoms with van der Waals surface area (Å²) in [4.78, 5) is 18.7. The van der Waals surface area contributed by atoms with E-state index in [1.165, 1.54) is 16.8 Å². The molecule has 3 heterocycles. The molecule has 0 radical (unpaired) electrons. The quantitative estimate of drug-likeness (QED) is 0.721. The molecule has 0 N–H and O–H groups in total. The van der Waals surface area contributed by atoms with Crippen molar-refractivity contribution in [3.63, 3.8) is 0 Å². The first kappa shape index (κ1) is 15.3. The maximum Gasteiger partial charge on any atom is 0.279 e. The van der Waals surface area contributed by atoms with Gasteiger partial charge in [-0.1, -0.05) is 6.07 Å². The number of nitrogens with zero attached hydrogens (tertiary/aromatic N) is 4. The van der Waals surface area contributed by atoms with E-state index in [1.54, 1.807) is 35.5 Å². The number of hydrogen-bond acceptors (Lipinski definition) is 4. The van der Waals surface area contributed by atoms with E-state index in [0.717, 1.165) is 5.56 Å². The van der Waals surface area contributed by atoms with Crippen LogP contribution in [-0.4, -0.2) is 33.8 Å². The highest BCUT2D eigenvalue weighted by molar-refractivity contribution is 6.05. The Morgan fingerprint density at radius 2 is 2.16 bits per heavy atom. The zero-order chi connectivity index (χ0) is 17.4. The Bertz CT molecular complexity index is 954. The molecule has 6 nitrogen and oxygen atoms in total. The van der Waals surface area contributed by atoms with E-state index in [4.69, 9.17) is 4.74 Å². The lowest BCUT2D eigenvalue weighted by molar-refractivity contribution is 0.0970. The van der Waals surface area contributed by atoms with E-state index >= 15 is 0 Å². The van der Waals surface area contributed by atoms with Gasteiger partial charge in [-0.2, -0.15) is 5.10 Å². The molecule has 0 spiro atoms. The molecule has 126 valence electrons. The van der Waals surface area contributed by atoms with Crippen LogP contribution in [0.25, 0.3) is 5.69 Å². The van der Waals surface area contributed by atoms with E-state index in [1.807, 2.05) is 13.0 Å². The summed E-state index contributed by atoms with van der Waals surface area (Å²) in [6.45, 7) is 2.70. The third kappa shape index (κ3) is 2.84. The predicted molar refractivity (Wildman–Crippen MR) is 89.7 cm³/mol. The number of aryl methyl sites for hydroxylation is 1. The van der Waals surface area contributed by atoms with Crippen molar-refractivity contribution in [2.24, 2.45) is 0 Å². The number of ether oxygens (including phenoxy) is 1. The van der Waals surface area contributed by atoms with Crippen molar-refractivity contribution in [3.05, 3.63) is 65.9 Å². The van der Waals surface area contributed by atoms with Gasteiger partial charge in [-0.05, 0) is 42.8 Å². The highest BCUT2D eigenvalue weighted by atomic mass is 19.1. The number of aromatic nitrogens is 3. The lowest BCUT2D eigenvalue weighted by Gasteiger charge is -2.28. The Hall–Kier alpha value is -3.22. The second-order valence-electron chi connectivity index (χ2n) is 5.77. The molecular weight excluding hydrogens is 323 g/mol. The van der Waals surface area contributed by atoms with Crippen LogP contribution in [0.2, 0.25) is 0 Å². The second-order valence-corrected chi connectivity index (χ2v) is 5.77. The number of anilines is 1. The Kier molecular flexibility index (Phi) is 3.68. The first-order valence-corrected chi connectivity index (χ1v) is 7.85. The summed E-state index contributed by atoms with van der Waals surface area (Å²) in [5.74, 6) is -0.161. The Balaban J connectivity index is 1.66. The molecule has 0 atom stereocenters. The summed E-state index contributed by atoms with van der Waals surface area (Å²) >= 11 is 0. The fourth-order valence-electron chi connectivity index (χ4n) is 2.75. The van der Waals surface area contributed by atoms with E-state index < -0.39 is 0 Å². The van der Waals surface area contributed by atoms with Gasteiger partial charge in [-0.3, -0.25) is 9.69 Å². The van der Waals surface area contributed by atoms with Gasteiger partial charge in [0.2, 0.25) is 5.88 Å². The van der Waals surface area contributed by atoms with Gasteiger partial charge >= 0.3 is 0 Å². The predicted octanol–water partition coefficient (Wildman–Crippen LogP) is 2.75. The molecule has 1 aliphatic rings. The van der Waals surface area contributed by atoms with Gasteiger partial charge in [0.15, 0.2) is 5.69 Å². The minimum Gasteiger partial charge on any atom is -0.474 e. The molecule has 3 aromatic rings. The minimum absolute atomic E-state index is 0.243. The lowest BCUT2D eigenvalue weighted by Crippen LogP contribution is -2.38. The normalized spacial score (nSPS) is 13.3. The number of hydrogen-bond donors (Lipinski definition) is 0. The van der Waals surface area contributed by atoms with Gasteiger partial charge in [0, 0.05) is 12.4 Å². The van der Waals surface area contributed by atoms with Crippen LogP contribution < -0.4 is 9.64 Å². The maximum absolute atomic E-state index is 13.4. The number of pyridine rings is 1. The topological polar surface area (TPSA) is 60.2 Å². The van der Waals surface area contributed by atoms with Crippen molar-refractivity contribution in [2.45, 2.75) is 6.92 Å². The van der Waals surface area contributed by atoms with Crippen LogP contribution in [-0.2, 0) is 0 Å². The molecule has 25 heavy (non-hydrogen) atoms. The second kappa shape index (κ2) is 6.01. The number of rotatable bonds is 2. The molecule has 4 rings (SSSR count). The van der Waals surface area contributed by atoms with Crippen molar-refractivity contribution in [1.29, 1.82) is 0 Å². The van der Waals surface area contributed by atoms with Gasteiger partial charge in [-0.25, -0.2) is 14.1 Å². The van der Waals surface area contributed by atoms with Crippen molar-refractivity contribution < 1.29 is 13.9 Å². The fraction of sp³-hybridized carbons (Fsp3) is 0.167. The van der Waals surface area contributed by atoms with Crippen LogP contribution in [0, 0.1) is 12.7 Å². The summed E-state index contributed by atoms with van der Waals surface area (Å²) < 4.78 is 20.4. The maximum atomic E-state index is 13.4. The number of carbonyl (C=O) groups is 1. The lowest BCUT2D eigenvalue weighted by atomic mass is 10.2.